The molecule has 1 atom stereocenters. The largest absolute Gasteiger partial charge is 0.385 e. The molecule has 8 heteroatoms. The highest BCUT2D eigenvalue weighted by Crippen LogP contribution is 2.33. The molecule has 0 bridgehead atoms. The van der Waals surface area contributed by atoms with Crippen molar-refractivity contribution < 1.29 is 17.7 Å². The van der Waals surface area contributed by atoms with Crippen LogP contribution >= 0.6 is 11.3 Å². The average molecular weight is 370 g/mol. The summed E-state index contributed by atoms with van der Waals surface area (Å²) in [6, 6.07) is 3.48. The van der Waals surface area contributed by atoms with Crippen molar-refractivity contribution >= 4 is 21.4 Å². The Hall–Kier alpha value is -1.22. The first-order valence-corrected chi connectivity index (χ1v) is 10.5. The summed E-state index contributed by atoms with van der Waals surface area (Å²) in [5, 5.41) is 5.47. The summed E-state index contributed by atoms with van der Waals surface area (Å²) in [5.74, 6) is 0.586. The topological polar surface area (TPSA) is 72.6 Å². The van der Waals surface area contributed by atoms with E-state index in [4.69, 9.17) is 9.26 Å². The third-order valence-electron chi connectivity index (χ3n) is 4.32. The van der Waals surface area contributed by atoms with Gasteiger partial charge in [-0.1, -0.05) is 11.6 Å². The van der Waals surface area contributed by atoms with Gasteiger partial charge in [0.25, 0.3) is 10.0 Å². The van der Waals surface area contributed by atoms with Crippen LogP contribution in [-0.2, 0) is 14.8 Å². The maximum atomic E-state index is 13.1. The Morgan fingerprint density at radius 3 is 3.08 bits per heavy atom. The highest BCUT2D eigenvalue weighted by Gasteiger charge is 2.34. The van der Waals surface area contributed by atoms with E-state index in [2.05, 4.69) is 5.16 Å². The first kappa shape index (κ1) is 17.6. The normalized spacial score (nSPS) is 19.6. The van der Waals surface area contributed by atoms with Crippen molar-refractivity contribution in [2.24, 2.45) is 0 Å². The number of rotatable bonds is 7. The van der Waals surface area contributed by atoms with Crippen LogP contribution in [-0.4, -0.2) is 44.2 Å². The Morgan fingerprint density at radius 1 is 1.46 bits per heavy atom. The van der Waals surface area contributed by atoms with Gasteiger partial charge in [-0.05, 0) is 31.7 Å². The molecule has 0 aromatic carbocycles. The molecule has 0 spiro atoms. The first-order valence-electron chi connectivity index (χ1n) is 8.13. The summed E-state index contributed by atoms with van der Waals surface area (Å²) in [7, 11) is -1.80. The van der Waals surface area contributed by atoms with Crippen LogP contribution in [0.1, 0.15) is 32.1 Å². The van der Waals surface area contributed by atoms with Crippen molar-refractivity contribution in [3.8, 4) is 11.3 Å². The number of aromatic nitrogens is 1. The van der Waals surface area contributed by atoms with Gasteiger partial charge in [-0.15, -0.1) is 11.3 Å². The zero-order chi connectivity index (χ0) is 17.0. The highest BCUT2D eigenvalue weighted by atomic mass is 32.2. The summed E-state index contributed by atoms with van der Waals surface area (Å²) < 4.78 is 38.4. The lowest BCUT2D eigenvalue weighted by Crippen LogP contribution is -2.43. The SMILES string of the molecule is COCCCC1CCCCN1S(=O)(=O)c1cc(-c2ccno2)cs1. The Kier molecular flexibility index (Phi) is 5.70. The molecule has 3 heterocycles. The summed E-state index contributed by atoms with van der Waals surface area (Å²) >= 11 is 1.24. The van der Waals surface area contributed by atoms with Crippen LogP contribution in [0, 0.1) is 0 Å². The minimum Gasteiger partial charge on any atom is -0.385 e. The van der Waals surface area contributed by atoms with Gasteiger partial charge in [-0.2, -0.15) is 4.31 Å². The number of thiophene rings is 1. The maximum absolute atomic E-state index is 13.1. The second-order valence-corrected chi connectivity index (χ2v) is 8.96. The van der Waals surface area contributed by atoms with E-state index in [-0.39, 0.29) is 6.04 Å². The Bertz CT molecular complexity index is 740. The van der Waals surface area contributed by atoms with Crippen molar-refractivity contribution in [2.75, 3.05) is 20.3 Å². The van der Waals surface area contributed by atoms with Crippen molar-refractivity contribution in [2.45, 2.75) is 42.4 Å². The first-order chi connectivity index (χ1) is 11.6. The monoisotopic (exact) mass is 370 g/mol. The molecular formula is C16H22N2O4S2. The molecule has 0 saturated carbocycles. The molecule has 3 rings (SSSR count). The fourth-order valence-electron chi connectivity index (χ4n) is 3.10. The van der Waals surface area contributed by atoms with Crippen LogP contribution in [0.15, 0.2) is 32.4 Å². The van der Waals surface area contributed by atoms with E-state index in [1.54, 1.807) is 35.1 Å². The van der Waals surface area contributed by atoms with Crippen molar-refractivity contribution in [3.05, 3.63) is 23.7 Å². The average Bonchev–Trinajstić information content (AvgIpc) is 3.27. The van der Waals surface area contributed by atoms with Gasteiger partial charge < -0.3 is 9.26 Å². The number of sulfonamides is 1. The molecule has 0 radical (unpaired) electrons. The smallest absolute Gasteiger partial charge is 0.252 e. The van der Waals surface area contributed by atoms with Crippen LogP contribution in [0.5, 0.6) is 0 Å². The Morgan fingerprint density at radius 2 is 2.33 bits per heavy atom. The minimum absolute atomic E-state index is 0.0646. The van der Waals surface area contributed by atoms with Gasteiger partial charge in [0.15, 0.2) is 5.76 Å². The van der Waals surface area contributed by atoms with Gasteiger partial charge in [-0.3, -0.25) is 0 Å². The molecule has 0 amide bonds. The van der Waals surface area contributed by atoms with Gasteiger partial charge in [0.05, 0.1) is 6.20 Å². The predicted molar refractivity (Wildman–Crippen MR) is 92.5 cm³/mol. The standard InChI is InChI=1S/C16H22N2O4S2/c1-21-10-4-6-14-5-2-3-9-18(14)24(19,20)16-11-13(12-23-16)15-7-8-17-22-15/h7-8,11-12,14H,2-6,9-10H2,1H3. The molecule has 0 N–H and O–H groups in total. The predicted octanol–water partition coefficient (Wildman–Crippen LogP) is 3.37. The fraction of sp³-hybridized carbons (Fsp3) is 0.562. The molecule has 1 fully saturated rings. The Labute approximate surface area is 146 Å². The van der Waals surface area contributed by atoms with Crippen molar-refractivity contribution in [1.29, 1.82) is 0 Å². The molecule has 2 aromatic rings. The van der Waals surface area contributed by atoms with E-state index in [1.807, 2.05) is 0 Å². The number of methoxy groups -OCH3 is 1. The lowest BCUT2D eigenvalue weighted by Gasteiger charge is -2.34. The van der Waals surface area contributed by atoms with Crippen LogP contribution in [0.2, 0.25) is 0 Å². The quantitative estimate of drug-likeness (QED) is 0.699. The lowest BCUT2D eigenvalue weighted by molar-refractivity contribution is 0.172. The molecule has 1 aliphatic heterocycles. The molecule has 0 aliphatic carbocycles. The summed E-state index contributed by atoms with van der Waals surface area (Å²) in [6.45, 7) is 1.26. The maximum Gasteiger partial charge on any atom is 0.252 e. The minimum atomic E-state index is -3.47. The second kappa shape index (κ2) is 7.77. The van der Waals surface area contributed by atoms with Crippen LogP contribution in [0.3, 0.4) is 0 Å². The third kappa shape index (κ3) is 3.72. The van der Waals surface area contributed by atoms with E-state index in [1.165, 1.54) is 11.3 Å². The van der Waals surface area contributed by atoms with Crippen LogP contribution in [0.25, 0.3) is 11.3 Å². The molecule has 6 nitrogen and oxygen atoms in total. The van der Waals surface area contributed by atoms with E-state index in [0.29, 0.717) is 23.1 Å². The van der Waals surface area contributed by atoms with Crippen molar-refractivity contribution in [1.82, 2.24) is 9.46 Å². The number of hydrogen-bond acceptors (Lipinski definition) is 6. The van der Waals surface area contributed by atoms with Crippen LogP contribution in [0.4, 0.5) is 0 Å². The molecule has 1 unspecified atom stereocenters. The molecule has 1 saturated heterocycles. The fourth-order valence-corrected chi connectivity index (χ4v) is 6.12. The van der Waals surface area contributed by atoms with E-state index in [0.717, 1.165) is 37.7 Å². The number of nitrogens with zero attached hydrogens (tertiary/aromatic N) is 2. The zero-order valence-electron chi connectivity index (χ0n) is 13.7. The third-order valence-corrected chi connectivity index (χ3v) is 7.69. The molecule has 1 aliphatic rings. The number of ether oxygens (including phenoxy) is 1. The number of piperidine rings is 1. The van der Waals surface area contributed by atoms with Gasteiger partial charge in [-0.25, -0.2) is 8.42 Å². The summed E-state index contributed by atoms with van der Waals surface area (Å²) in [6.07, 6.45) is 6.19. The van der Waals surface area contributed by atoms with Gasteiger partial charge >= 0.3 is 0 Å². The number of hydrogen-bond donors (Lipinski definition) is 0. The Balaban J connectivity index is 1.80. The van der Waals surface area contributed by atoms with Gasteiger partial charge in [0.1, 0.15) is 4.21 Å². The molecule has 132 valence electrons. The lowest BCUT2D eigenvalue weighted by atomic mass is 10.0. The molecule has 2 aromatic heterocycles. The van der Waals surface area contributed by atoms with E-state index < -0.39 is 10.0 Å². The second-order valence-electron chi connectivity index (χ2n) is 5.93. The van der Waals surface area contributed by atoms with Gasteiger partial charge in [0.2, 0.25) is 0 Å². The zero-order valence-corrected chi connectivity index (χ0v) is 15.3. The summed E-state index contributed by atoms with van der Waals surface area (Å²) in [4.78, 5) is 0. The summed E-state index contributed by atoms with van der Waals surface area (Å²) in [5.41, 5.74) is 0.754. The van der Waals surface area contributed by atoms with Crippen molar-refractivity contribution in [3.63, 3.8) is 0 Å². The molecular weight excluding hydrogens is 348 g/mol. The van der Waals surface area contributed by atoms with E-state index >= 15 is 0 Å². The highest BCUT2D eigenvalue weighted by molar-refractivity contribution is 7.91. The van der Waals surface area contributed by atoms with Gasteiger partial charge in [0, 0.05) is 43.3 Å². The van der Waals surface area contributed by atoms with Crippen LogP contribution < -0.4 is 0 Å². The van der Waals surface area contributed by atoms with E-state index in [9.17, 15) is 8.42 Å². The molecule has 24 heavy (non-hydrogen) atoms.